The molecule has 0 radical (unpaired) electrons. The van der Waals surface area contributed by atoms with Crippen LogP contribution in [0.4, 0.5) is 4.79 Å². The number of benzene rings is 1. The molecule has 1 unspecified atom stereocenters. The fourth-order valence-electron chi connectivity index (χ4n) is 2.76. The molecule has 1 aromatic carbocycles. The van der Waals surface area contributed by atoms with Crippen molar-refractivity contribution in [3.8, 4) is 0 Å². The fourth-order valence-corrected chi connectivity index (χ4v) is 2.76. The summed E-state index contributed by atoms with van der Waals surface area (Å²) in [6, 6.07) is 9.86. The van der Waals surface area contributed by atoms with Crippen molar-refractivity contribution < 1.29 is 19.4 Å². The van der Waals surface area contributed by atoms with Gasteiger partial charge in [0.05, 0.1) is 12.5 Å². The molecule has 0 spiro atoms. The molecule has 1 fully saturated rings. The molecule has 2 N–H and O–H groups in total. The lowest BCUT2D eigenvalue weighted by Crippen LogP contribution is -2.47. The zero-order chi connectivity index (χ0) is 17.2. The Balaban J connectivity index is 1.52. The molecular formula is C18H26N2O4. The molecule has 0 saturated carbocycles. The molecule has 24 heavy (non-hydrogen) atoms. The van der Waals surface area contributed by atoms with Gasteiger partial charge in [-0.05, 0) is 31.2 Å². The van der Waals surface area contributed by atoms with Gasteiger partial charge >= 0.3 is 12.0 Å². The molecule has 0 aromatic heterocycles. The molecule has 1 aromatic rings. The summed E-state index contributed by atoms with van der Waals surface area (Å²) in [4.78, 5) is 24.6. The van der Waals surface area contributed by atoms with Gasteiger partial charge in [-0.3, -0.25) is 4.79 Å². The third-order valence-electron chi connectivity index (χ3n) is 4.16. The Morgan fingerprint density at radius 1 is 1.25 bits per heavy atom. The monoisotopic (exact) mass is 334 g/mol. The van der Waals surface area contributed by atoms with Crippen LogP contribution in [0, 0.1) is 5.92 Å². The summed E-state index contributed by atoms with van der Waals surface area (Å²) >= 11 is 0. The van der Waals surface area contributed by atoms with E-state index in [1.165, 1.54) is 0 Å². The number of rotatable bonds is 8. The van der Waals surface area contributed by atoms with Gasteiger partial charge in [-0.1, -0.05) is 30.3 Å². The lowest BCUT2D eigenvalue weighted by atomic mass is 9.99. The zero-order valence-corrected chi connectivity index (χ0v) is 13.9. The minimum atomic E-state index is -0.817. The average Bonchev–Trinajstić information content (AvgIpc) is 2.61. The SMILES string of the molecule is O=C(O)C1CCCN(C(=O)NCCCCOCc2ccccc2)C1. The van der Waals surface area contributed by atoms with Gasteiger partial charge in [-0.2, -0.15) is 0 Å². The number of nitrogens with zero attached hydrogens (tertiary/aromatic N) is 1. The predicted octanol–water partition coefficient (Wildman–Crippen LogP) is 2.49. The van der Waals surface area contributed by atoms with Crippen LogP contribution in [0.1, 0.15) is 31.2 Å². The smallest absolute Gasteiger partial charge is 0.317 e. The summed E-state index contributed by atoms with van der Waals surface area (Å²) in [5, 5.41) is 11.9. The molecule has 132 valence electrons. The second-order valence-electron chi connectivity index (χ2n) is 6.10. The molecule has 1 heterocycles. The van der Waals surface area contributed by atoms with Crippen LogP contribution in [0.3, 0.4) is 0 Å². The molecule has 6 heteroatoms. The maximum absolute atomic E-state index is 12.0. The predicted molar refractivity (Wildman–Crippen MR) is 90.7 cm³/mol. The standard InChI is InChI=1S/C18H26N2O4/c21-17(22)16-9-6-11-20(13-16)18(23)19-10-4-5-12-24-14-15-7-2-1-3-8-15/h1-3,7-8,16H,4-6,9-14H2,(H,19,23)(H,21,22). The first-order chi connectivity index (χ1) is 11.7. The molecule has 1 aliphatic heterocycles. The van der Waals surface area contributed by atoms with Gasteiger partial charge in [0.1, 0.15) is 0 Å². The van der Waals surface area contributed by atoms with Crippen molar-refractivity contribution >= 4 is 12.0 Å². The largest absolute Gasteiger partial charge is 0.481 e. The van der Waals surface area contributed by atoms with Crippen molar-refractivity contribution in [2.45, 2.75) is 32.3 Å². The molecule has 0 bridgehead atoms. The number of urea groups is 1. The van der Waals surface area contributed by atoms with Crippen molar-refractivity contribution in [1.29, 1.82) is 0 Å². The number of nitrogens with one attached hydrogen (secondary N) is 1. The van der Waals surface area contributed by atoms with Crippen LogP contribution in [0.2, 0.25) is 0 Å². The zero-order valence-electron chi connectivity index (χ0n) is 13.9. The molecule has 6 nitrogen and oxygen atoms in total. The van der Waals surface area contributed by atoms with Crippen LogP contribution >= 0.6 is 0 Å². The normalized spacial score (nSPS) is 17.5. The molecular weight excluding hydrogens is 308 g/mol. The minimum Gasteiger partial charge on any atom is -0.481 e. The average molecular weight is 334 g/mol. The van der Waals surface area contributed by atoms with E-state index in [-0.39, 0.29) is 6.03 Å². The molecule has 2 rings (SSSR count). The molecule has 1 atom stereocenters. The number of likely N-dealkylation sites (tertiary alicyclic amines) is 1. The Kier molecular flexibility index (Phi) is 7.55. The number of amides is 2. The number of carbonyl (C=O) groups excluding carboxylic acids is 1. The van der Waals surface area contributed by atoms with Crippen LogP contribution in [0.15, 0.2) is 30.3 Å². The second kappa shape index (κ2) is 9.93. The highest BCUT2D eigenvalue weighted by Gasteiger charge is 2.27. The summed E-state index contributed by atoms with van der Waals surface area (Å²) in [6.07, 6.45) is 3.12. The van der Waals surface area contributed by atoms with E-state index in [1.807, 2.05) is 30.3 Å². The van der Waals surface area contributed by atoms with Gasteiger partial charge in [0, 0.05) is 26.2 Å². The van der Waals surface area contributed by atoms with Crippen LogP contribution in [-0.2, 0) is 16.1 Å². The number of unbranched alkanes of at least 4 members (excludes halogenated alkanes) is 1. The third-order valence-corrected chi connectivity index (χ3v) is 4.16. The number of piperidine rings is 1. The number of hydrogen-bond donors (Lipinski definition) is 2. The van der Waals surface area contributed by atoms with Gasteiger partial charge in [0.15, 0.2) is 0 Å². The topological polar surface area (TPSA) is 78.9 Å². The minimum absolute atomic E-state index is 0.161. The van der Waals surface area contributed by atoms with Crippen LogP contribution < -0.4 is 5.32 Å². The van der Waals surface area contributed by atoms with E-state index in [0.29, 0.717) is 39.3 Å². The number of carboxylic acids is 1. The Morgan fingerprint density at radius 2 is 2.04 bits per heavy atom. The van der Waals surface area contributed by atoms with E-state index in [1.54, 1.807) is 4.90 Å². The van der Waals surface area contributed by atoms with Gasteiger partial charge < -0.3 is 20.1 Å². The third kappa shape index (κ3) is 6.20. The lowest BCUT2D eigenvalue weighted by Gasteiger charge is -2.30. The van der Waals surface area contributed by atoms with E-state index in [4.69, 9.17) is 9.84 Å². The number of aliphatic carboxylic acids is 1. The van der Waals surface area contributed by atoms with Crippen molar-refractivity contribution in [3.63, 3.8) is 0 Å². The highest BCUT2D eigenvalue weighted by Crippen LogP contribution is 2.16. The highest BCUT2D eigenvalue weighted by molar-refractivity contribution is 5.76. The van der Waals surface area contributed by atoms with E-state index >= 15 is 0 Å². The molecule has 2 amide bonds. The second-order valence-corrected chi connectivity index (χ2v) is 6.10. The van der Waals surface area contributed by atoms with Crippen molar-refractivity contribution in [2.75, 3.05) is 26.2 Å². The summed E-state index contributed by atoms with van der Waals surface area (Å²) in [5.41, 5.74) is 1.16. The fraction of sp³-hybridized carbons (Fsp3) is 0.556. The Morgan fingerprint density at radius 3 is 2.79 bits per heavy atom. The Hall–Kier alpha value is -2.08. The van der Waals surface area contributed by atoms with Crippen molar-refractivity contribution in [1.82, 2.24) is 10.2 Å². The number of hydrogen-bond acceptors (Lipinski definition) is 3. The highest BCUT2D eigenvalue weighted by atomic mass is 16.5. The Bertz CT molecular complexity index is 521. The van der Waals surface area contributed by atoms with E-state index in [2.05, 4.69) is 5.32 Å². The van der Waals surface area contributed by atoms with Gasteiger partial charge in [-0.25, -0.2) is 4.79 Å². The summed E-state index contributed by atoms with van der Waals surface area (Å²) in [7, 11) is 0. The van der Waals surface area contributed by atoms with E-state index in [0.717, 1.165) is 24.8 Å². The Labute approximate surface area is 142 Å². The first-order valence-corrected chi connectivity index (χ1v) is 8.54. The van der Waals surface area contributed by atoms with Gasteiger partial charge in [0.2, 0.25) is 0 Å². The van der Waals surface area contributed by atoms with E-state index in [9.17, 15) is 9.59 Å². The summed E-state index contributed by atoms with van der Waals surface area (Å²) < 4.78 is 5.60. The maximum Gasteiger partial charge on any atom is 0.317 e. The van der Waals surface area contributed by atoms with Crippen LogP contribution in [-0.4, -0.2) is 48.2 Å². The van der Waals surface area contributed by atoms with Gasteiger partial charge in [0.25, 0.3) is 0 Å². The first kappa shape index (κ1) is 18.3. The summed E-state index contributed by atoms with van der Waals surface area (Å²) in [5.74, 6) is -1.25. The van der Waals surface area contributed by atoms with Gasteiger partial charge in [-0.15, -0.1) is 0 Å². The van der Waals surface area contributed by atoms with Crippen molar-refractivity contribution in [3.05, 3.63) is 35.9 Å². The van der Waals surface area contributed by atoms with E-state index < -0.39 is 11.9 Å². The molecule has 1 aliphatic rings. The maximum atomic E-state index is 12.0. The molecule has 1 saturated heterocycles. The quantitative estimate of drug-likeness (QED) is 0.716. The number of ether oxygens (including phenoxy) is 1. The van der Waals surface area contributed by atoms with Crippen molar-refractivity contribution in [2.24, 2.45) is 5.92 Å². The number of carbonyl (C=O) groups is 2. The number of carboxylic acid groups (broad SMARTS) is 1. The van der Waals surface area contributed by atoms with Crippen LogP contribution in [0.25, 0.3) is 0 Å². The lowest BCUT2D eigenvalue weighted by molar-refractivity contribution is -0.143. The summed E-state index contributed by atoms with van der Waals surface area (Å²) in [6.45, 7) is 2.80. The van der Waals surface area contributed by atoms with Crippen LogP contribution in [0.5, 0.6) is 0 Å². The molecule has 0 aliphatic carbocycles. The first-order valence-electron chi connectivity index (χ1n) is 8.54.